The summed E-state index contributed by atoms with van der Waals surface area (Å²) in [6.45, 7) is 2.44. The molecule has 2 N–H and O–H groups in total. The molecular formula is C18H20N6OS. The molecule has 0 unspecified atom stereocenters. The third kappa shape index (κ3) is 5.06. The number of hydrogen-bond donors (Lipinski definition) is 2. The average molecular weight is 368 g/mol. The average Bonchev–Trinajstić information content (AvgIpc) is 3.08. The molecule has 2 aromatic carbocycles. The number of urea groups is 1. The van der Waals surface area contributed by atoms with Crippen molar-refractivity contribution in [2.75, 3.05) is 17.6 Å². The fraction of sp³-hybridized carbons (Fsp3) is 0.222. The van der Waals surface area contributed by atoms with E-state index in [-0.39, 0.29) is 6.03 Å². The lowest BCUT2D eigenvalue weighted by Gasteiger charge is -2.09. The Kier molecular flexibility index (Phi) is 6.21. The summed E-state index contributed by atoms with van der Waals surface area (Å²) in [6, 6.07) is 17.4. The predicted octanol–water partition coefficient (Wildman–Crippen LogP) is 3.27. The molecule has 0 aliphatic carbocycles. The fourth-order valence-corrected chi connectivity index (χ4v) is 3.22. The van der Waals surface area contributed by atoms with E-state index in [0.717, 1.165) is 17.9 Å². The molecule has 7 nitrogen and oxygen atoms in total. The lowest BCUT2D eigenvalue weighted by Crippen LogP contribution is -2.29. The van der Waals surface area contributed by atoms with Crippen molar-refractivity contribution in [2.45, 2.75) is 18.2 Å². The maximum atomic E-state index is 12.0. The fourth-order valence-electron chi connectivity index (χ4n) is 2.34. The van der Waals surface area contributed by atoms with Crippen molar-refractivity contribution in [3.63, 3.8) is 0 Å². The molecule has 0 radical (unpaired) electrons. The molecule has 0 saturated heterocycles. The zero-order valence-electron chi connectivity index (χ0n) is 14.4. The number of carbonyl (C=O) groups is 1. The molecule has 3 aromatic rings. The van der Waals surface area contributed by atoms with Crippen LogP contribution in [0.5, 0.6) is 0 Å². The Morgan fingerprint density at radius 2 is 2.00 bits per heavy atom. The molecule has 0 aliphatic heterocycles. The lowest BCUT2D eigenvalue weighted by atomic mass is 10.3. The van der Waals surface area contributed by atoms with Crippen LogP contribution in [-0.4, -0.2) is 38.5 Å². The van der Waals surface area contributed by atoms with Gasteiger partial charge in [-0.05, 0) is 59.9 Å². The first kappa shape index (κ1) is 17.9. The van der Waals surface area contributed by atoms with Crippen LogP contribution in [0, 0.1) is 6.92 Å². The molecule has 0 aliphatic rings. The second kappa shape index (κ2) is 9.00. The minimum Gasteiger partial charge on any atom is -0.338 e. The maximum Gasteiger partial charge on any atom is 0.319 e. The zero-order chi connectivity index (χ0) is 18.2. The number of thioether (sulfide) groups is 1. The van der Waals surface area contributed by atoms with Gasteiger partial charge >= 0.3 is 6.03 Å². The number of aryl methyl sites for hydroxylation is 1. The van der Waals surface area contributed by atoms with E-state index >= 15 is 0 Å². The van der Waals surface area contributed by atoms with Gasteiger partial charge in [0.2, 0.25) is 0 Å². The maximum absolute atomic E-state index is 12.0. The summed E-state index contributed by atoms with van der Waals surface area (Å²) in [5.41, 5.74) is 1.48. The zero-order valence-corrected chi connectivity index (χ0v) is 15.2. The van der Waals surface area contributed by atoms with Gasteiger partial charge in [0.25, 0.3) is 0 Å². The number of anilines is 1. The SMILES string of the molecule is Cc1nnnn1-c1cccc(NC(=O)NCCCSc2ccccc2)c1. The van der Waals surface area contributed by atoms with Gasteiger partial charge in [0.05, 0.1) is 5.69 Å². The van der Waals surface area contributed by atoms with Gasteiger partial charge < -0.3 is 10.6 Å². The topological polar surface area (TPSA) is 84.7 Å². The van der Waals surface area contributed by atoms with Crippen LogP contribution in [0.4, 0.5) is 10.5 Å². The van der Waals surface area contributed by atoms with Crippen LogP contribution in [-0.2, 0) is 0 Å². The number of hydrogen-bond acceptors (Lipinski definition) is 5. The largest absolute Gasteiger partial charge is 0.338 e. The van der Waals surface area contributed by atoms with E-state index < -0.39 is 0 Å². The van der Waals surface area contributed by atoms with Crippen molar-refractivity contribution >= 4 is 23.5 Å². The molecule has 26 heavy (non-hydrogen) atoms. The summed E-state index contributed by atoms with van der Waals surface area (Å²) in [5.74, 6) is 1.64. The van der Waals surface area contributed by atoms with E-state index in [2.05, 4.69) is 38.3 Å². The Labute approximate surface area is 156 Å². The molecule has 3 rings (SSSR count). The van der Waals surface area contributed by atoms with Crippen molar-refractivity contribution in [1.82, 2.24) is 25.5 Å². The van der Waals surface area contributed by atoms with Crippen LogP contribution in [0.2, 0.25) is 0 Å². The van der Waals surface area contributed by atoms with E-state index in [4.69, 9.17) is 0 Å². The van der Waals surface area contributed by atoms with Gasteiger partial charge in [0.15, 0.2) is 5.82 Å². The van der Waals surface area contributed by atoms with Gasteiger partial charge in [-0.2, -0.15) is 4.68 Å². The Morgan fingerprint density at radius 3 is 2.77 bits per heavy atom. The highest BCUT2D eigenvalue weighted by molar-refractivity contribution is 7.99. The standard InChI is InChI=1S/C18H20N6OS/c1-14-21-22-23-24(14)16-8-5-7-15(13-16)20-18(25)19-11-6-12-26-17-9-3-2-4-10-17/h2-5,7-10,13H,6,11-12H2,1H3,(H2,19,20,25). The van der Waals surface area contributed by atoms with E-state index in [1.165, 1.54) is 4.90 Å². The molecule has 0 spiro atoms. The Balaban J connectivity index is 1.43. The monoisotopic (exact) mass is 368 g/mol. The van der Waals surface area contributed by atoms with Gasteiger partial charge in [-0.3, -0.25) is 0 Å². The second-order valence-electron chi connectivity index (χ2n) is 5.58. The second-order valence-corrected chi connectivity index (χ2v) is 6.75. The minimum atomic E-state index is -0.222. The predicted molar refractivity (Wildman–Crippen MR) is 103 cm³/mol. The molecular weight excluding hydrogens is 348 g/mol. The van der Waals surface area contributed by atoms with Crippen LogP contribution in [0.25, 0.3) is 5.69 Å². The number of carbonyl (C=O) groups excluding carboxylic acids is 1. The quantitative estimate of drug-likeness (QED) is 0.494. The van der Waals surface area contributed by atoms with Gasteiger partial charge in [-0.15, -0.1) is 16.9 Å². The van der Waals surface area contributed by atoms with Crippen LogP contribution < -0.4 is 10.6 Å². The lowest BCUT2D eigenvalue weighted by molar-refractivity contribution is 0.252. The molecule has 1 aromatic heterocycles. The highest BCUT2D eigenvalue weighted by atomic mass is 32.2. The number of nitrogens with one attached hydrogen (secondary N) is 2. The third-order valence-corrected chi connectivity index (χ3v) is 4.69. The van der Waals surface area contributed by atoms with Crippen LogP contribution in [0.15, 0.2) is 59.5 Å². The smallest absolute Gasteiger partial charge is 0.319 e. The first-order chi connectivity index (χ1) is 12.7. The van der Waals surface area contributed by atoms with E-state index in [1.807, 2.05) is 49.4 Å². The number of amides is 2. The van der Waals surface area contributed by atoms with Gasteiger partial charge in [-0.1, -0.05) is 24.3 Å². The number of rotatable bonds is 7. The molecule has 0 fully saturated rings. The summed E-state index contributed by atoms with van der Waals surface area (Å²) in [5, 5.41) is 17.1. The van der Waals surface area contributed by atoms with Crippen LogP contribution >= 0.6 is 11.8 Å². The number of aromatic nitrogens is 4. The van der Waals surface area contributed by atoms with Crippen molar-refractivity contribution in [2.24, 2.45) is 0 Å². The van der Waals surface area contributed by atoms with E-state index in [0.29, 0.717) is 18.1 Å². The van der Waals surface area contributed by atoms with Crippen molar-refractivity contribution in [1.29, 1.82) is 0 Å². The molecule has 2 amide bonds. The van der Waals surface area contributed by atoms with Gasteiger partial charge in [-0.25, -0.2) is 4.79 Å². The number of benzene rings is 2. The first-order valence-corrected chi connectivity index (χ1v) is 9.29. The summed E-state index contributed by atoms with van der Waals surface area (Å²) < 4.78 is 1.61. The van der Waals surface area contributed by atoms with Crippen molar-refractivity contribution in [3.05, 3.63) is 60.4 Å². The van der Waals surface area contributed by atoms with Crippen molar-refractivity contribution in [3.8, 4) is 5.69 Å². The summed E-state index contributed by atoms with van der Waals surface area (Å²) >= 11 is 1.78. The molecule has 8 heteroatoms. The summed E-state index contributed by atoms with van der Waals surface area (Å²) in [7, 11) is 0. The molecule has 0 bridgehead atoms. The first-order valence-electron chi connectivity index (χ1n) is 8.30. The molecule has 0 atom stereocenters. The number of tetrazole rings is 1. The van der Waals surface area contributed by atoms with Crippen molar-refractivity contribution < 1.29 is 4.79 Å². The number of nitrogens with zero attached hydrogens (tertiary/aromatic N) is 4. The van der Waals surface area contributed by atoms with E-state index in [9.17, 15) is 4.79 Å². The highest BCUT2D eigenvalue weighted by Gasteiger charge is 2.06. The normalized spacial score (nSPS) is 10.5. The summed E-state index contributed by atoms with van der Waals surface area (Å²) in [6.07, 6.45) is 0.900. The molecule has 0 saturated carbocycles. The van der Waals surface area contributed by atoms with Gasteiger partial charge in [0.1, 0.15) is 0 Å². The van der Waals surface area contributed by atoms with E-state index in [1.54, 1.807) is 16.4 Å². The Bertz CT molecular complexity index is 852. The van der Waals surface area contributed by atoms with Gasteiger partial charge in [0, 0.05) is 17.1 Å². The minimum absolute atomic E-state index is 0.222. The Hall–Kier alpha value is -2.87. The van der Waals surface area contributed by atoms with Crippen LogP contribution in [0.1, 0.15) is 12.2 Å². The summed E-state index contributed by atoms with van der Waals surface area (Å²) in [4.78, 5) is 13.3. The molecule has 134 valence electrons. The van der Waals surface area contributed by atoms with Crippen LogP contribution in [0.3, 0.4) is 0 Å². The highest BCUT2D eigenvalue weighted by Crippen LogP contribution is 2.17. The Morgan fingerprint density at radius 1 is 1.15 bits per heavy atom. The molecule has 1 heterocycles. The third-order valence-electron chi connectivity index (χ3n) is 3.59.